The summed E-state index contributed by atoms with van der Waals surface area (Å²) >= 11 is 1.37. The van der Waals surface area contributed by atoms with Gasteiger partial charge >= 0.3 is 0 Å². The molecule has 20 heavy (non-hydrogen) atoms. The van der Waals surface area contributed by atoms with Crippen molar-refractivity contribution in [3.05, 3.63) is 47.8 Å². The molecular formula is C15H12FNO2S. The first-order chi connectivity index (χ1) is 9.65. The molecule has 3 nitrogen and oxygen atoms in total. The average Bonchev–Trinajstić information content (AvgIpc) is 2.78. The second-order valence-corrected chi connectivity index (χ2v) is 5.50. The van der Waals surface area contributed by atoms with E-state index in [9.17, 15) is 9.18 Å². The number of hydrogen-bond donors (Lipinski definition) is 1. The zero-order chi connectivity index (χ0) is 14.1. The van der Waals surface area contributed by atoms with Gasteiger partial charge in [-0.25, -0.2) is 4.39 Å². The number of fused-ring (bicyclic) bond motifs is 3. The van der Waals surface area contributed by atoms with Crippen molar-refractivity contribution >= 4 is 39.6 Å². The highest BCUT2D eigenvalue weighted by atomic mass is 32.2. The van der Waals surface area contributed by atoms with Crippen molar-refractivity contribution in [1.29, 1.82) is 0 Å². The Balaban J connectivity index is 2.03. The van der Waals surface area contributed by atoms with E-state index in [1.165, 1.54) is 17.8 Å². The van der Waals surface area contributed by atoms with Crippen LogP contribution >= 0.6 is 11.8 Å². The summed E-state index contributed by atoms with van der Waals surface area (Å²) in [7, 11) is 0. The van der Waals surface area contributed by atoms with Gasteiger partial charge in [-0.05, 0) is 23.8 Å². The molecule has 1 amide bonds. The Morgan fingerprint density at radius 1 is 1.25 bits per heavy atom. The maximum Gasteiger partial charge on any atom is 0.227 e. The smallest absolute Gasteiger partial charge is 0.227 e. The van der Waals surface area contributed by atoms with Gasteiger partial charge in [0.25, 0.3) is 0 Å². The molecule has 0 saturated carbocycles. The number of carbonyl (C=O) groups excluding carboxylic acids is 1. The zero-order valence-electron chi connectivity index (χ0n) is 10.6. The molecule has 5 heteroatoms. The SMILES string of the molecule is NC(=O)CSCc1cc(F)c2oc3ccccc3c2c1. The topological polar surface area (TPSA) is 56.2 Å². The number of furan rings is 1. The number of primary amides is 1. The highest BCUT2D eigenvalue weighted by Gasteiger charge is 2.12. The summed E-state index contributed by atoms with van der Waals surface area (Å²) in [4.78, 5) is 10.7. The maximum atomic E-state index is 14.1. The van der Waals surface area contributed by atoms with Crippen LogP contribution < -0.4 is 5.73 Å². The van der Waals surface area contributed by atoms with Gasteiger partial charge < -0.3 is 10.2 Å². The molecule has 0 aliphatic carbocycles. The lowest BCUT2D eigenvalue weighted by Crippen LogP contribution is -2.13. The summed E-state index contributed by atoms with van der Waals surface area (Å²) in [5.74, 6) is 0.0138. The maximum absolute atomic E-state index is 14.1. The molecule has 0 fully saturated rings. The third-order valence-corrected chi connectivity index (χ3v) is 4.03. The number of rotatable bonds is 4. The summed E-state index contributed by atoms with van der Waals surface area (Å²) in [6.45, 7) is 0. The van der Waals surface area contributed by atoms with Crippen LogP contribution in [0.2, 0.25) is 0 Å². The van der Waals surface area contributed by atoms with E-state index in [-0.39, 0.29) is 23.1 Å². The summed E-state index contributed by atoms with van der Waals surface area (Å²) < 4.78 is 19.6. The van der Waals surface area contributed by atoms with Crippen molar-refractivity contribution < 1.29 is 13.6 Å². The molecule has 0 unspecified atom stereocenters. The zero-order valence-corrected chi connectivity index (χ0v) is 11.4. The van der Waals surface area contributed by atoms with Gasteiger partial charge in [0.15, 0.2) is 11.4 Å². The Bertz CT molecular complexity index is 797. The number of nitrogens with two attached hydrogens (primary N) is 1. The van der Waals surface area contributed by atoms with Crippen LogP contribution in [0.3, 0.4) is 0 Å². The lowest BCUT2D eigenvalue weighted by Gasteiger charge is -2.01. The number of amides is 1. The molecule has 2 aromatic carbocycles. The number of halogens is 1. The molecule has 0 atom stereocenters. The molecule has 1 aromatic heterocycles. The highest BCUT2D eigenvalue weighted by molar-refractivity contribution is 7.99. The van der Waals surface area contributed by atoms with Gasteiger partial charge in [-0.2, -0.15) is 0 Å². The van der Waals surface area contributed by atoms with Gasteiger partial charge in [-0.3, -0.25) is 4.79 Å². The van der Waals surface area contributed by atoms with Crippen molar-refractivity contribution in [2.45, 2.75) is 5.75 Å². The van der Waals surface area contributed by atoms with Crippen LogP contribution in [0.25, 0.3) is 21.9 Å². The largest absolute Gasteiger partial charge is 0.453 e. The van der Waals surface area contributed by atoms with Crippen LogP contribution in [0.1, 0.15) is 5.56 Å². The average molecular weight is 289 g/mol. The van der Waals surface area contributed by atoms with Crippen molar-refractivity contribution in [1.82, 2.24) is 0 Å². The predicted octanol–water partition coefficient (Wildman–Crippen LogP) is 3.44. The van der Waals surface area contributed by atoms with Gasteiger partial charge in [0.1, 0.15) is 5.58 Å². The minimum absolute atomic E-state index is 0.228. The molecule has 0 spiro atoms. The van der Waals surface area contributed by atoms with Crippen LogP contribution in [0.5, 0.6) is 0 Å². The number of thioether (sulfide) groups is 1. The number of hydrogen-bond acceptors (Lipinski definition) is 3. The molecule has 102 valence electrons. The Morgan fingerprint density at radius 3 is 2.85 bits per heavy atom. The van der Waals surface area contributed by atoms with Crippen LogP contribution in [0.15, 0.2) is 40.8 Å². The minimum atomic E-state index is -0.381. The van der Waals surface area contributed by atoms with E-state index in [0.29, 0.717) is 11.3 Å². The first-order valence-corrected chi connectivity index (χ1v) is 7.26. The Labute approximate surface area is 118 Å². The fourth-order valence-corrected chi connectivity index (χ4v) is 2.90. The summed E-state index contributed by atoms with van der Waals surface area (Å²) in [5, 5.41) is 1.65. The van der Waals surface area contributed by atoms with E-state index in [0.717, 1.165) is 16.3 Å². The Kier molecular flexibility index (Phi) is 3.36. The van der Waals surface area contributed by atoms with E-state index in [2.05, 4.69) is 0 Å². The van der Waals surface area contributed by atoms with Crippen molar-refractivity contribution in [2.75, 3.05) is 5.75 Å². The van der Waals surface area contributed by atoms with E-state index in [1.807, 2.05) is 30.3 Å². The van der Waals surface area contributed by atoms with E-state index < -0.39 is 0 Å². The third-order valence-electron chi connectivity index (χ3n) is 3.01. The Hall–Kier alpha value is -2.01. The van der Waals surface area contributed by atoms with E-state index in [4.69, 9.17) is 10.2 Å². The van der Waals surface area contributed by atoms with Crippen molar-refractivity contribution in [3.63, 3.8) is 0 Å². The van der Waals surface area contributed by atoms with Gasteiger partial charge in [0.2, 0.25) is 5.91 Å². The fraction of sp³-hybridized carbons (Fsp3) is 0.133. The normalized spacial score (nSPS) is 11.2. The van der Waals surface area contributed by atoms with Gasteiger partial charge in [-0.15, -0.1) is 11.8 Å². The fourth-order valence-electron chi connectivity index (χ4n) is 2.19. The number of para-hydroxylation sites is 1. The standard InChI is InChI=1S/C15H12FNO2S/c16-12-6-9(7-20-8-14(17)18)5-11-10-3-1-2-4-13(10)19-15(11)12/h1-6H,7-8H2,(H2,17,18). The first-order valence-electron chi connectivity index (χ1n) is 6.11. The monoisotopic (exact) mass is 289 g/mol. The van der Waals surface area contributed by atoms with Crippen LogP contribution in [0, 0.1) is 5.82 Å². The second kappa shape index (κ2) is 5.17. The second-order valence-electron chi connectivity index (χ2n) is 4.51. The molecule has 0 aliphatic heterocycles. The van der Waals surface area contributed by atoms with Gasteiger partial charge in [0.05, 0.1) is 5.75 Å². The lowest BCUT2D eigenvalue weighted by molar-refractivity contribution is -0.115. The van der Waals surface area contributed by atoms with E-state index >= 15 is 0 Å². The number of benzene rings is 2. The molecule has 0 bridgehead atoms. The molecule has 0 aliphatic rings. The summed E-state index contributed by atoms with van der Waals surface area (Å²) in [6, 6.07) is 10.8. The molecule has 0 radical (unpaired) electrons. The molecular weight excluding hydrogens is 277 g/mol. The van der Waals surface area contributed by atoms with Crippen LogP contribution in [0.4, 0.5) is 4.39 Å². The quantitative estimate of drug-likeness (QED) is 0.800. The Morgan fingerprint density at radius 2 is 2.05 bits per heavy atom. The van der Waals surface area contributed by atoms with Crippen LogP contribution in [-0.4, -0.2) is 11.7 Å². The van der Waals surface area contributed by atoms with Crippen molar-refractivity contribution in [3.8, 4) is 0 Å². The molecule has 2 N–H and O–H groups in total. The van der Waals surface area contributed by atoms with Gasteiger partial charge in [-0.1, -0.05) is 18.2 Å². The lowest BCUT2D eigenvalue weighted by atomic mass is 10.1. The number of carbonyl (C=O) groups is 1. The highest BCUT2D eigenvalue weighted by Crippen LogP contribution is 2.32. The first kappa shape index (κ1) is 13.0. The van der Waals surface area contributed by atoms with Gasteiger partial charge in [0, 0.05) is 16.5 Å². The molecule has 0 saturated heterocycles. The summed E-state index contributed by atoms with van der Waals surface area (Å²) in [5.41, 5.74) is 6.84. The van der Waals surface area contributed by atoms with Crippen molar-refractivity contribution in [2.24, 2.45) is 5.73 Å². The molecule has 3 rings (SSSR count). The molecule has 1 heterocycles. The predicted molar refractivity (Wildman–Crippen MR) is 79.0 cm³/mol. The van der Waals surface area contributed by atoms with E-state index in [1.54, 1.807) is 0 Å². The summed E-state index contributed by atoms with van der Waals surface area (Å²) in [6.07, 6.45) is 0. The third kappa shape index (κ3) is 2.36. The van der Waals surface area contributed by atoms with Crippen LogP contribution in [-0.2, 0) is 10.5 Å². The minimum Gasteiger partial charge on any atom is -0.453 e. The molecule has 3 aromatic rings.